The van der Waals surface area contributed by atoms with Gasteiger partial charge in [0.15, 0.2) is 11.6 Å². The lowest BCUT2D eigenvalue weighted by Gasteiger charge is -2.14. The van der Waals surface area contributed by atoms with Crippen molar-refractivity contribution < 1.29 is 23.9 Å². The van der Waals surface area contributed by atoms with Crippen molar-refractivity contribution in [2.45, 2.75) is 20.0 Å². The van der Waals surface area contributed by atoms with Gasteiger partial charge in [-0.2, -0.15) is 0 Å². The van der Waals surface area contributed by atoms with Crippen molar-refractivity contribution in [3.8, 4) is 11.5 Å². The van der Waals surface area contributed by atoms with Crippen LogP contribution in [-0.2, 0) is 0 Å². The second-order valence-corrected chi connectivity index (χ2v) is 3.56. The molecule has 0 saturated carbocycles. The molecule has 0 amide bonds. The lowest BCUT2D eigenvalue weighted by Crippen LogP contribution is -2.31. The Labute approximate surface area is 93.8 Å². The Kier molecular flexibility index (Phi) is 4.15. The molecule has 0 heterocycles. The molecule has 0 atom stereocenters. The Morgan fingerprint density at radius 1 is 1.25 bits per heavy atom. The number of hydrogen-bond donors (Lipinski definition) is 2. The van der Waals surface area contributed by atoms with Gasteiger partial charge in [0.1, 0.15) is 5.75 Å². The Bertz CT molecular complexity index is 368. The van der Waals surface area contributed by atoms with Crippen LogP contribution in [0.15, 0.2) is 12.1 Å². The molecule has 0 aliphatic heterocycles. The lowest BCUT2D eigenvalue weighted by molar-refractivity contribution is 0.230. The van der Waals surface area contributed by atoms with Crippen molar-refractivity contribution in [2.75, 3.05) is 7.11 Å². The predicted octanol–water partition coefficient (Wildman–Crippen LogP) is 0.301. The molecule has 0 radical (unpaired) electrons. The fourth-order valence-electron chi connectivity index (χ4n) is 1.27. The summed E-state index contributed by atoms with van der Waals surface area (Å²) in [7, 11) is -0.421. The minimum absolute atomic E-state index is 0.0243. The molecule has 0 fully saturated rings. The third-order valence-electron chi connectivity index (χ3n) is 1.93. The molecule has 2 N–H and O–H groups in total. The van der Waals surface area contributed by atoms with E-state index < -0.39 is 12.9 Å². The van der Waals surface area contributed by atoms with Gasteiger partial charge in [0.2, 0.25) is 0 Å². The first-order chi connectivity index (χ1) is 7.45. The highest BCUT2D eigenvalue weighted by Gasteiger charge is 2.21. The highest BCUT2D eigenvalue weighted by molar-refractivity contribution is 6.59. The van der Waals surface area contributed by atoms with Gasteiger partial charge >= 0.3 is 7.12 Å². The van der Waals surface area contributed by atoms with Crippen molar-refractivity contribution in [3.05, 3.63) is 17.9 Å². The molecule has 0 unspecified atom stereocenters. The van der Waals surface area contributed by atoms with Gasteiger partial charge in [-0.05, 0) is 19.9 Å². The van der Waals surface area contributed by atoms with E-state index in [9.17, 15) is 4.39 Å². The fourth-order valence-corrected chi connectivity index (χ4v) is 1.27. The first kappa shape index (κ1) is 12.8. The summed E-state index contributed by atoms with van der Waals surface area (Å²) in [5, 5.41) is 18.0. The maximum Gasteiger partial charge on any atom is 0.492 e. The molecule has 1 rings (SSSR count). The molecule has 4 nitrogen and oxygen atoms in total. The zero-order valence-electron chi connectivity index (χ0n) is 9.40. The summed E-state index contributed by atoms with van der Waals surface area (Å²) in [5.74, 6) is -0.457. The number of rotatable bonds is 4. The van der Waals surface area contributed by atoms with Gasteiger partial charge in [-0.3, -0.25) is 0 Å². The predicted molar refractivity (Wildman–Crippen MR) is 58.5 cm³/mol. The van der Waals surface area contributed by atoms with E-state index in [2.05, 4.69) is 0 Å². The van der Waals surface area contributed by atoms with Crippen LogP contribution in [0.4, 0.5) is 4.39 Å². The molecule has 0 aliphatic rings. The fraction of sp³-hybridized carbons (Fsp3) is 0.400. The van der Waals surface area contributed by atoms with Gasteiger partial charge in [-0.25, -0.2) is 4.39 Å². The average Bonchev–Trinajstić information content (AvgIpc) is 2.19. The summed E-state index contributed by atoms with van der Waals surface area (Å²) >= 11 is 0. The van der Waals surface area contributed by atoms with E-state index in [-0.39, 0.29) is 23.1 Å². The van der Waals surface area contributed by atoms with Crippen molar-refractivity contribution in [3.63, 3.8) is 0 Å². The van der Waals surface area contributed by atoms with Gasteiger partial charge in [0, 0.05) is 11.5 Å². The van der Waals surface area contributed by atoms with Crippen LogP contribution in [-0.4, -0.2) is 30.4 Å². The quantitative estimate of drug-likeness (QED) is 0.727. The molecule has 0 aliphatic carbocycles. The first-order valence-electron chi connectivity index (χ1n) is 4.86. The second kappa shape index (κ2) is 5.18. The van der Waals surface area contributed by atoms with Gasteiger partial charge in [-0.1, -0.05) is 0 Å². The highest BCUT2D eigenvalue weighted by atomic mass is 19.1. The monoisotopic (exact) mass is 228 g/mol. The van der Waals surface area contributed by atoms with Crippen LogP contribution in [0.2, 0.25) is 0 Å². The van der Waals surface area contributed by atoms with Crippen molar-refractivity contribution in [2.24, 2.45) is 0 Å². The van der Waals surface area contributed by atoms with Crippen molar-refractivity contribution in [1.29, 1.82) is 0 Å². The summed E-state index contributed by atoms with van der Waals surface area (Å²) in [4.78, 5) is 0. The lowest BCUT2D eigenvalue weighted by atomic mass is 9.79. The summed E-state index contributed by atoms with van der Waals surface area (Å²) in [6, 6.07) is 2.28. The van der Waals surface area contributed by atoms with E-state index in [1.807, 2.05) is 0 Å². The molecule has 6 heteroatoms. The van der Waals surface area contributed by atoms with Crippen molar-refractivity contribution >= 4 is 12.6 Å². The topological polar surface area (TPSA) is 58.9 Å². The standard InChI is InChI=1S/C10H14BFO4/c1-6(2)16-10-5-9(15-3)7(11(13)14)4-8(10)12/h4-6,13-14H,1-3H3. The second-order valence-electron chi connectivity index (χ2n) is 3.56. The molecule has 0 bridgehead atoms. The van der Waals surface area contributed by atoms with E-state index in [4.69, 9.17) is 19.5 Å². The van der Waals surface area contributed by atoms with Crippen LogP contribution >= 0.6 is 0 Å². The van der Waals surface area contributed by atoms with Crippen LogP contribution in [0.5, 0.6) is 11.5 Å². The molecule has 16 heavy (non-hydrogen) atoms. The van der Waals surface area contributed by atoms with E-state index in [0.29, 0.717) is 0 Å². The van der Waals surface area contributed by atoms with Gasteiger partial charge in [0.05, 0.1) is 13.2 Å². The van der Waals surface area contributed by atoms with Gasteiger partial charge < -0.3 is 19.5 Å². The number of hydrogen-bond acceptors (Lipinski definition) is 4. The Hall–Kier alpha value is -1.27. The largest absolute Gasteiger partial charge is 0.497 e. The molecular formula is C10H14BFO4. The van der Waals surface area contributed by atoms with Crippen LogP contribution in [0, 0.1) is 5.82 Å². The van der Waals surface area contributed by atoms with Gasteiger partial charge in [0.25, 0.3) is 0 Å². The number of halogens is 1. The van der Waals surface area contributed by atoms with E-state index in [1.54, 1.807) is 13.8 Å². The maximum absolute atomic E-state index is 13.5. The molecule has 0 saturated heterocycles. The summed E-state index contributed by atoms with van der Waals surface area (Å²) < 4.78 is 23.6. The summed E-state index contributed by atoms with van der Waals surface area (Å²) in [6.45, 7) is 3.53. The third kappa shape index (κ3) is 2.87. The van der Waals surface area contributed by atoms with E-state index >= 15 is 0 Å². The zero-order valence-corrected chi connectivity index (χ0v) is 9.40. The number of methoxy groups -OCH3 is 1. The van der Waals surface area contributed by atoms with Crippen LogP contribution in [0.3, 0.4) is 0 Å². The molecule has 88 valence electrons. The molecular weight excluding hydrogens is 214 g/mol. The SMILES string of the molecule is COc1cc(OC(C)C)c(F)cc1B(O)O. The normalized spacial score (nSPS) is 10.4. The molecule has 1 aromatic carbocycles. The summed E-state index contributed by atoms with van der Waals surface area (Å²) in [5.41, 5.74) is -0.0314. The zero-order chi connectivity index (χ0) is 12.3. The maximum atomic E-state index is 13.5. The van der Waals surface area contributed by atoms with Crippen LogP contribution < -0.4 is 14.9 Å². The van der Waals surface area contributed by atoms with Gasteiger partial charge in [-0.15, -0.1) is 0 Å². The highest BCUT2D eigenvalue weighted by Crippen LogP contribution is 2.23. The minimum Gasteiger partial charge on any atom is -0.497 e. The third-order valence-corrected chi connectivity index (χ3v) is 1.93. The van der Waals surface area contributed by atoms with Crippen LogP contribution in [0.25, 0.3) is 0 Å². The molecule has 1 aromatic rings. The minimum atomic E-state index is -1.78. The van der Waals surface area contributed by atoms with Crippen molar-refractivity contribution in [1.82, 2.24) is 0 Å². The molecule has 0 spiro atoms. The van der Waals surface area contributed by atoms with E-state index in [0.717, 1.165) is 6.07 Å². The summed E-state index contributed by atoms with van der Waals surface area (Å²) in [6.07, 6.45) is -0.177. The van der Waals surface area contributed by atoms with E-state index in [1.165, 1.54) is 13.2 Å². The smallest absolute Gasteiger partial charge is 0.492 e. The average molecular weight is 228 g/mol. The Morgan fingerprint density at radius 3 is 2.31 bits per heavy atom. The number of benzene rings is 1. The number of ether oxygens (including phenoxy) is 2. The Balaban J connectivity index is 3.15. The first-order valence-corrected chi connectivity index (χ1v) is 4.86. The van der Waals surface area contributed by atoms with Crippen LogP contribution in [0.1, 0.15) is 13.8 Å². The Morgan fingerprint density at radius 2 is 1.88 bits per heavy atom. The molecule has 0 aromatic heterocycles.